The Bertz CT molecular complexity index is 435. The quantitative estimate of drug-likeness (QED) is 0.717. The molecular formula is C8H6N2OS. The van der Waals surface area contributed by atoms with Crippen molar-refractivity contribution in [3.8, 4) is 0 Å². The van der Waals surface area contributed by atoms with Gasteiger partial charge in [0.25, 0.3) is 5.91 Å². The van der Waals surface area contributed by atoms with Gasteiger partial charge in [-0.3, -0.25) is 9.78 Å². The van der Waals surface area contributed by atoms with Crippen LogP contribution in [0.1, 0.15) is 9.67 Å². The number of carbonyl (C=O) groups excluding carboxylic acids is 1. The van der Waals surface area contributed by atoms with E-state index in [0.717, 1.165) is 10.9 Å². The zero-order valence-corrected chi connectivity index (χ0v) is 6.97. The Morgan fingerprint density at radius 3 is 3.17 bits per heavy atom. The number of carbonyl (C=O) groups is 1. The van der Waals surface area contributed by atoms with Crippen LogP contribution in [0.15, 0.2) is 23.7 Å². The fourth-order valence-electron chi connectivity index (χ4n) is 1.07. The minimum Gasteiger partial charge on any atom is -0.365 e. The number of nitrogens with zero attached hydrogens (tertiary/aromatic N) is 1. The molecule has 0 atom stereocenters. The SMILES string of the molecule is NC(=O)c1scc2ncccc12. The molecule has 0 aliphatic rings. The summed E-state index contributed by atoms with van der Waals surface area (Å²) in [4.78, 5) is 15.5. The molecule has 0 radical (unpaired) electrons. The highest BCUT2D eigenvalue weighted by molar-refractivity contribution is 7.13. The van der Waals surface area contributed by atoms with Gasteiger partial charge >= 0.3 is 0 Å². The van der Waals surface area contributed by atoms with E-state index in [1.807, 2.05) is 11.4 Å². The van der Waals surface area contributed by atoms with E-state index >= 15 is 0 Å². The number of primary amides is 1. The maximum atomic E-state index is 10.9. The minimum absolute atomic E-state index is 0.386. The molecule has 4 heteroatoms. The fraction of sp³-hybridized carbons (Fsp3) is 0. The third-order valence-corrected chi connectivity index (χ3v) is 2.59. The smallest absolute Gasteiger partial charge is 0.259 e. The molecule has 0 saturated heterocycles. The van der Waals surface area contributed by atoms with Crippen molar-refractivity contribution in [2.24, 2.45) is 5.73 Å². The number of aromatic nitrogens is 1. The van der Waals surface area contributed by atoms with E-state index in [0.29, 0.717) is 4.88 Å². The number of fused-ring (bicyclic) bond motifs is 1. The van der Waals surface area contributed by atoms with Gasteiger partial charge in [0.05, 0.1) is 5.52 Å². The highest BCUT2D eigenvalue weighted by Gasteiger charge is 2.08. The van der Waals surface area contributed by atoms with Gasteiger partial charge in [-0.15, -0.1) is 11.3 Å². The van der Waals surface area contributed by atoms with E-state index in [-0.39, 0.29) is 5.91 Å². The molecule has 0 saturated carbocycles. The average molecular weight is 178 g/mol. The second-order valence-corrected chi connectivity index (χ2v) is 3.24. The van der Waals surface area contributed by atoms with Gasteiger partial charge in [0.15, 0.2) is 0 Å². The van der Waals surface area contributed by atoms with Crippen molar-refractivity contribution in [1.82, 2.24) is 4.98 Å². The highest BCUT2D eigenvalue weighted by Crippen LogP contribution is 2.22. The van der Waals surface area contributed by atoms with E-state index in [1.165, 1.54) is 11.3 Å². The average Bonchev–Trinajstić information content (AvgIpc) is 2.47. The summed E-state index contributed by atoms with van der Waals surface area (Å²) in [6, 6.07) is 3.64. The number of amides is 1. The van der Waals surface area contributed by atoms with Crippen LogP contribution in [0, 0.1) is 0 Å². The summed E-state index contributed by atoms with van der Waals surface area (Å²) in [6.07, 6.45) is 1.69. The van der Waals surface area contributed by atoms with Crippen molar-refractivity contribution in [3.63, 3.8) is 0 Å². The van der Waals surface area contributed by atoms with Crippen LogP contribution < -0.4 is 5.73 Å². The molecule has 0 aliphatic carbocycles. The first-order valence-corrected chi connectivity index (χ1v) is 4.29. The first kappa shape index (κ1) is 7.24. The Balaban J connectivity index is 2.79. The lowest BCUT2D eigenvalue weighted by Gasteiger charge is -1.89. The molecule has 2 aromatic heterocycles. The van der Waals surface area contributed by atoms with Crippen LogP contribution >= 0.6 is 11.3 Å². The van der Waals surface area contributed by atoms with Gasteiger partial charge < -0.3 is 5.73 Å². The molecule has 0 bridgehead atoms. The standard InChI is InChI=1S/C8H6N2OS/c9-8(11)7-5-2-1-3-10-6(5)4-12-7/h1-4H,(H2,9,11). The third kappa shape index (κ3) is 0.967. The molecule has 3 nitrogen and oxygen atoms in total. The molecule has 0 unspecified atom stereocenters. The van der Waals surface area contributed by atoms with Crippen LogP contribution in [-0.4, -0.2) is 10.9 Å². The molecule has 12 heavy (non-hydrogen) atoms. The lowest BCUT2D eigenvalue weighted by atomic mass is 10.2. The monoisotopic (exact) mass is 178 g/mol. The first-order chi connectivity index (χ1) is 5.79. The number of hydrogen-bond acceptors (Lipinski definition) is 3. The largest absolute Gasteiger partial charge is 0.365 e. The van der Waals surface area contributed by atoms with Crippen LogP contribution in [-0.2, 0) is 0 Å². The number of rotatable bonds is 1. The Morgan fingerprint density at radius 2 is 2.42 bits per heavy atom. The van der Waals surface area contributed by atoms with E-state index < -0.39 is 0 Å². The molecule has 60 valence electrons. The van der Waals surface area contributed by atoms with Crippen LogP contribution in [0.25, 0.3) is 10.9 Å². The molecule has 2 aromatic rings. The van der Waals surface area contributed by atoms with Gasteiger partial charge in [-0.2, -0.15) is 0 Å². The Labute approximate surface area is 72.8 Å². The number of nitrogens with two attached hydrogens (primary N) is 1. The van der Waals surface area contributed by atoms with Gasteiger partial charge in [0.1, 0.15) is 4.88 Å². The molecular weight excluding hydrogens is 172 g/mol. The van der Waals surface area contributed by atoms with Gasteiger partial charge in [-0.1, -0.05) is 0 Å². The Kier molecular flexibility index (Phi) is 1.55. The highest BCUT2D eigenvalue weighted by atomic mass is 32.1. The minimum atomic E-state index is -0.386. The molecule has 0 spiro atoms. The van der Waals surface area contributed by atoms with Crippen LogP contribution in [0.4, 0.5) is 0 Å². The van der Waals surface area contributed by atoms with Crippen molar-refractivity contribution >= 4 is 28.1 Å². The van der Waals surface area contributed by atoms with E-state index in [1.54, 1.807) is 12.3 Å². The summed E-state index contributed by atoms with van der Waals surface area (Å²) in [5.74, 6) is -0.386. The molecule has 1 amide bonds. The predicted molar refractivity (Wildman–Crippen MR) is 48.1 cm³/mol. The van der Waals surface area contributed by atoms with Gasteiger partial charge in [-0.05, 0) is 12.1 Å². The second-order valence-electron chi connectivity index (χ2n) is 2.37. The number of pyridine rings is 1. The van der Waals surface area contributed by atoms with E-state index in [9.17, 15) is 4.79 Å². The molecule has 2 N–H and O–H groups in total. The van der Waals surface area contributed by atoms with Crippen LogP contribution in [0.2, 0.25) is 0 Å². The Morgan fingerprint density at radius 1 is 1.58 bits per heavy atom. The fourth-order valence-corrected chi connectivity index (χ4v) is 1.91. The summed E-state index contributed by atoms with van der Waals surface area (Å²) >= 11 is 1.33. The number of thiophene rings is 1. The lowest BCUT2D eigenvalue weighted by Crippen LogP contribution is -2.08. The lowest BCUT2D eigenvalue weighted by molar-refractivity contribution is 0.101. The summed E-state index contributed by atoms with van der Waals surface area (Å²) in [7, 11) is 0. The van der Waals surface area contributed by atoms with Crippen molar-refractivity contribution < 1.29 is 4.79 Å². The van der Waals surface area contributed by atoms with Crippen molar-refractivity contribution in [1.29, 1.82) is 0 Å². The second kappa shape index (κ2) is 2.57. The first-order valence-electron chi connectivity index (χ1n) is 3.41. The van der Waals surface area contributed by atoms with E-state index in [4.69, 9.17) is 5.73 Å². The van der Waals surface area contributed by atoms with Crippen LogP contribution in [0.5, 0.6) is 0 Å². The summed E-state index contributed by atoms with van der Waals surface area (Å²) < 4.78 is 0. The normalized spacial score (nSPS) is 10.3. The van der Waals surface area contributed by atoms with Crippen LogP contribution in [0.3, 0.4) is 0 Å². The summed E-state index contributed by atoms with van der Waals surface area (Å²) in [5, 5.41) is 2.67. The molecule has 0 aliphatic heterocycles. The molecule has 2 heterocycles. The zero-order valence-electron chi connectivity index (χ0n) is 6.15. The predicted octanol–water partition coefficient (Wildman–Crippen LogP) is 1.40. The Hall–Kier alpha value is -1.42. The maximum Gasteiger partial charge on any atom is 0.259 e. The zero-order chi connectivity index (χ0) is 8.55. The van der Waals surface area contributed by atoms with E-state index in [2.05, 4.69) is 4.98 Å². The topological polar surface area (TPSA) is 56.0 Å². The molecule has 0 aromatic carbocycles. The third-order valence-electron chi connectivity index (χ3n) is 1.60. The van der Waals surface area contributed by atoms with Gasteiger partial charge in [0, 0.05) is 17.0 Å². The van der Waals surface area contributed by atoms with Crippen molar-refractivity contribution in [2.75, 3.05) is 0 Å². The molecule has 2 rings (SSSR count). The maximum absolute atomic E-state index is 10.9. The molecule has 0 fully saturated rings. The summed E-state index contributed by atoms with van der Waals surface area (Å²) in [6.45, 7) is 0. The van der Waals surface area contributed by atoms with Gasteiger partial charge in [0.2, 0.25) is 0 Å². The van der Waals surface area contributed by atoms with Crippen molar-refractivity contribution in [3.05, 3.63) is 28.6 Å². The number of hydrogen-bond donors (Lipinski definition) is 1. The summed E-state index contributed by atoms with van der Waals surface area (Å²) in [5.41, 5.74) is 6.00. The van der Waals surface area contributed by atoms with Crippen molar-refractivity contribution in [2.45, 2.75) is 0 Å². The van der Waals surface area contributed by atoms with Gasteiger partial charge in [-0.25, -0.2) is 0 Å².